The van der Waals surface area contributed by atoms with Crippen molar-refractivity contribution in [3.63, 3.8) is 0 Å². The number of nitrogens with zero attached hydrogens (tertiary/aromatic N) is 4. The zero-order valence-corrected chi connectivity index (χ0v) is 19.1. The summed E-state index contributed by atoms with van der Waals surface area (Å²) >= 11 is 6.28. The Bertz CT molecular complexity index is 1380. The van der Waals surface area contributed by atoms with E-state index in [2.05, 4.69) is 15.0 Å². The van der Waals surface area contributed by atoms with Gasteiger partial charge in [0, 0.05) is 43.5 Å². The van der Waals surface area contributed by atoms with Crippen LogP contribution in [0.4, 0.5) is 33.7 Å². The van der Waals surface area contributed by atoms with Gasteiger partial charge in [0.05, 0.1) is 21.6 Å². The van der Waals surface area contributed by atoms with Crippen molar-refractivity contribution < 1.29 is 22.0 Å². The summed E-state index contributed by atoms with van der Waals surface area (Å²) < 4.78 is 68.6. The topological polar surface area (TPSA) is 48.1 Å². The fourth-order valence-electron chi connectivity index (χ4n) is 4.41. The van der Waals surface area contributed by atoms with Gasteiger partial charge < -0.3 is 14.8 Å². The van der Waals surface area contributed by atoms with Crippen LogP contribution >= 0.6 is 11.6 Å². The Balaban J connectivity index is 1.54. The number of rotatable bonds is 3. The van der Waals surface area contributed by atoms with Gasteiger partial charge in [-0.15, -0.1) is 0 Å². The number of hydrogen-bond donors (Lipinski definition) is 1. The minimum atomic E-state index is -4.66. The van der Waals surface area contributed by atoms with E-state index in [0.29, 0.717) is 42.5 Å². The van der Waals surface area contributed by atoms with Gasteiger partial charge in [-0.25, -0.2) is 18.7 Å². The first-order valence-electron chi connectivity index (χ1n) is 10.8. The molecule has 1 fully saturated rings. The SMILES string of the molecule is C[C@@H]1CN(c2ncccc2Cl)CCN1c1nc2cc(C(F)(F)F)cc(-c3cc(F)cc(F)c3)c2[nH]1. The molecule has 0 saturated carbocycles. The molecule has 1 N–H and O–H groups in total. The first-order chi connectivity index (χ1) is 16.6. The molecule has 2 aromatic heterocycles. The molecular formula is C24H19ClF5N5. The molecule has 1 atom stereocenters. The zero-order chi connectivity index (χ0) is 24.9. The summed E-state index contributed by atoms with van der Waals surface area (Å²) in [5.41, 5.74) is -0.641. The van der Waals surface area contributed by atoms with Crippen LogP contribution in [0.3, 0.4) is 0 Å². The molecule has 0 amide bonds. The first kappa shape index (κ1) is 23.3. The van der Waals surface area contributed by atoms with Gasteiger partial charge in [-0.05, 0) is 48.9 Å². The van der Waals surface area contributed by atoms with Gasteiger partial charge in [0.15, 0.2) is 0 Å². The standard InChI is InChI=1S/C24H19ClF5N5/c1-13-12-34(22-19(25)3-2-4-31-22)5-6-35(13)23-32-20-10-15(24(28,29)30)9-18(21(20)33-23)14-7-16(26)11-17(27)8-14/h2-4,7-11,13H,5-6,12H2,1H3,(H,32,33)/t13-/m1/s1. The number of H-pyrrole nitrogens is 1. The number of anilines is 2. The van der Waals surface area contributed by atoms with Gasteiger partial charge in [-0.3, -0.25) is 0 Å². The molecule has 0 spiro atoms. The van der Waals surface area contributed by atoms with Crippen molar-refractivity contribution in [2.24, 2.45) is 0 Å². The average molecular weight is 508 g/mol. The van der Waals surface area contributed by atoms with E-state index >= 15 is 0 Å². The van der Waals surface area contributed by atoms with Crippen molar-refractivity contribution in [3.8, 4) is 11.1 Å². The summed E-state index contributed by atoms with van der Waals surface area (Å²) in [4.78, 5) is 15.8. The second-order valence-corrected chi connectivity index (χ2v) is 8.84. The number of piperazine rings is 1. The Kier molecular flexibility index (Phi) is 5.79. The molecule has 182 valence electrons. The molecule has 0 radical (unpaired) electrons. The van der Waals surface area contributed by atoms with Crippen LogP contribution in [-0.2, 0) is 6.18 Å². The first-order valence-corrected chi connectivity index (χ1v) is 11.2. The zero-order valence-electron chi connectivity index (χ0n) is 18.4. The summed E-state index contributed by atoms with van der Waals surface area (Å²) in [7, 11) is 0. The number of aromatic amines is 1. The minimum Gasteiger partial charge on any atom is -0.352 e. The fraction of sp³-hybridized carbons (Fsp3) is 0.250. The average Bonchev–Trinajstić information content (AvgIpc) is 3.21. The maximum Gasteiger partial charge on any atom is 0.416 e. The highest BCUT2D eigenvalue weighted by Crippen LogP contribution is 2.38. The number of imidazole rings is 1. The van der Waals surface area contributed by atoms with Crippen molar-refractivity contribution in [2.45, 2.75) is 19.1 Å². The maximum absolute atomic E-state index is 13.9. The smallest absolute Gasteiger partial charge is 0.352 e. The van der Waals surface area contributed by atoms with Crippen LogP contribution in [0.5, 0.6) is 0 Å². The summed E-state index contributed by atoms with van der Waals surface area (Å²) in [6.07, 6.45) is -3.00. The van der Waals surface area contributed by atoms with Gasteiger partial charge in [0.25, 0.3) is 0 Å². The maximum atomic E-state index is 13.9. The lowest BCUT2D eigenvalue weighted by Crippen LogP contribution is -2.52. The number of fused-ring (bicyclic) bond motifs is 1. The van der Waals surface area contributed by atoms with Gasteiger partial charge in [0.2, 0.25) is 5.95 Å². The molecule has 0 aliphatic carbocycles. The molecule has 11 heteroatoms. The predicted octanol–water partition coefficient (Wildman–Crippen LogP) is 6.29. The van der Waals surface area contributed by atoms with Crippen LogP contribution in [0, 0.1) is 11.6 Å². The molecule has 5 nitrogen and oxygen atoms in total. The number of alkyl halides is 3. The quantitative estimate of drug-likeness (QED) is 0.331. The lowest BCUT2D eigenvalue weighted by atomic mass is 10.0. The number of halogens is 6. The molecule has 0 bridgehead atoms. The summed E-state index contributed by atoms with van der Waals surface area (Å²) in [5, 5.41) is 0.531. The Morgan fingerprint density at radius 2 is 1.80 bits per heavy atom. The van der Waals surface area contributed by atoms with E-state index in [1.807, 2.05) is 16.7 Å². The second-order valence-electron chi connectivity index (χ2n) is 8.43. The number of pyridine rings is 1. The number of benzene rings is 2. The summed E-state index contributed by atoms with van der Waals surface area (Å²) in [5.74, 6) is -0.737. The van der Waals surface area contributed by atoms with E-state index in [9.17, 15) is 22.0 Å². The number of aromatic nitrogens is 3. The van der Waals surface area contributed by atoms with Crippen molar-refractivity contribution in [1.29, 1.82) is 0 Å². The lowest BCUT2D eigenvalue weighted by molar-refractivity contribution is -0.137. The van der Waals surface area contributed by atoms with Gasteiger partial charge in [-0.1, -0.05) is 11.6 Å². The van der Waals surface area contributed by atoms with Crippen molar-refractivity contribution in [2.75, 3.05) is 29.4 Å². The minimum absolute atomic E-state index is 0.0125. The molecule has 1 saturated heterocycles. The Morgan fingerprint density at radius 3 is 2.46 bits per heavy atom. The lowest BCUT2D eigenvalue weighted by Gasteiger charge is -2.40. The number of hydrogen-bond acceptors (Lipinski definition) is 4. The molecule has 3 heterocycles. The molecule has 1 aliphatic rings. The predicted molar refractivity (Wildman–Crippen MR) is 125 cm³/mol. The van der Waals surface area contributed by atoms with Gasteiger partial charge >= 0.3 is 6.18 Å². The van der Waals surface area contributed by atoms with Gasteiger partial charge in [-0.2, -0.15) is 13.2 Å². The molecule has 1 aliphatic heterocycles. The molecule has 5 rings (SSSR count). The highest BCUT2D eigenvalue weighted by Gasteiger charge is 2.33. The molecule has 0 unspecified atom stereocenters. The monoisotopic (exact) mass is 507 g/mol. The van der Waals surface area contributed by atoms with Gasteiger partial charge in [0.1, 0.15) is 17.5 Å². The molecule has 2 aromatic carbocycles. The third kappa shape index (κ3) is 4.50. The third-order valence-electron chi connectivity index (χ3n) is 6.02. The fourth-order valence-corrected chi connectivity index (χ4v) is 4.65. The summed E-state index contributed by atoms with van der Waals surface area (Å²) in [6.45, 7) is 3.58. The second kappa shape index (κ2) is 8.67. The van der Waals surface area contributed by atoms with E-state index in [1.165, 1.54) is 0 Å². The summed E-state index contributed by atoms with van der Waals surface area (Å²) in [6, 6.07) is 7.90. The van der Waals surface area contributed by atoms with E-state index in [0.717, 1.165) is 24.3 Å². The van der Waals surface area contributed by atoms with Crippen LogP contribution in [0.2, 0.25) is 5.02 Å². The van der Waals surface area contributed by atoms with Crippen LogP contribution in [-0.4, -0.2) is 40.6 Å². The number of nitrogens with one attached hydrogen (secondary N) is 1. The van der Waals surface area contributed by atoms with E-state index in [4.69, 9.17) is 11.6 Å². The molecule has 4 aromatic rings. The Labute approximate surface area is 202 Å². The normalized spacial score (nSPS) is 16.8. The van der Waals surface area contributed by atoms with Crippen molar-refractivity contribution in [1.82, 2.24) is 15.0 Å². The highest BCUT2D eigenvalue weighted by molar-refractivity contribution is 6.32. The Morgan fingerprint density at radius 1 is 1.06 bits per heavy atom. The Hall–Kier alpha value is -3.40. The van der Waals surface area contributed by atoms with Crippen molar-refractivity contribution >= 4 is 34.4 Å². The van der Waals surface area contributed by atoms with Crippen LogP contribution in [0.25, 0.3) is 22.2 Å². The van der Waals surface area contributed by atoms with Crippen LogP contribution < -0.4 is 9.80 Å². The van der Waals surface area contributed by atoms with Crippen LogP contribution in [0.15, 0.2) is 48.7 Å². The largest absolute Gasteiger partial charge is 0.416 e. The van der Waals surface area contributed by atoms with E-state index in [-0.39, 0.29) is 28.2 Å². The third-order valence-corrected chi connectivity index (χ3v) is 6.31. The highest BCUT2D eigenvalue weighted by atomic mass is 35.5. The van der Waals surface area contributed by atoms with E-state index < -0.39 is 23.4 Å². The van der Waals surface area contributed by atoms with Crippen LogP contribution in [0.1, 0.15) is 12.5 Å². The molecular weight excluding hydrogens is 489 g/mol. The van der Waals surface area contributed by atoms with Crippen molar-refractivity contribution in [3.05, 3.63) is 70.9 Å². The van der Waals surface area contributed by atoms with E-state index in [1.54, 1.807) is 18.3 Å². The molecule has 35 heavy (non-hydrogen) atoms.